The molecule has 1 amide bonds. The Morgan fingerprint density at radius 2 is 2.02 bits per heavy atom. The van der Waals surface area contributed by atoms with E-state index in [1.807, 2.05) is 11.0 Å². The standard InChI is InChI=1S/C32H40N10O2S/c1-5-25(43)40-13-10-32(17-40)18-41(19-32)24-14-22(35-30(36-24)42-12-7-11-39(4)16-20(42)2)28-37-29(44-38-28)31(3)9-6-8-23-26(31)21(15-33)27(34)45-23/h5,14,20H,1,6-13,16-19,34H2,2-4H3/t20-,31-/m0/s1. The fourth-order valence-electron chi connectivity index (χ4n) is 7.79. The zero-order chi connectivity index (χ0) is 31.5. The lowest BCUT2D eigenvalue weighted by Crippen LogP contribution is -2.58. The molecule has 3 aromatic rings. The highest BCUT2D eigenvalue weighted by atomic mass is 32.1. The van der Waals surface area contributed by atoms with E-state index in [2.05, 4.69) is 53.4 Å². The fourth-order valence-corrected chi connectivity index (χ4v) is 8.98. The number of rotatable bonds is 5. The summed E-state index contributed by atoms with van der Waals surface area (Å²) < 4.78 is 5.98. The number of nitrogens with zero attached hydrogens (tertiary/aromatic N) is 9. The molecule has 0 bridgehead atoms. The molecule has 0 aromatic carbocycles. The van der Waals surface area contributed by atoms with Crippen molar-refractivity contribution in [3.63, 3.8) is 0 Å². The number of amides is 1. The zero-order valence-electron chi connectivity index (χ0n) is 26.3. The van der Waals surface area contributed by atoms with Crippen LogP contribution in [0.2, 0.25) is 0 Å². The average Bonchev–Trinajstić information content (AvgIpc) is 3.73. The number of hydrogen-bond acceptors (Lipinski definition) is 12. The lowest BCUT2D eigenvalue weighted by atomic mass is 9.72. The fraction of sp³-hybridized carbons (Fsp3) is 0.562. The number of thiophene rings is 1. The SMILES string of the molecule is C=CC(=O)N1CCC2(C1)CN(c1cc(-c3noc([C@@]4(C)CCCc5sc(N)c(C#N)c54)n3)nc(N3CCCN(C)C[C@@H]3C)n1)C2. The van der Waals surface area contributed by atoms with Crippen molar-refractivity contribution in [2.24, 2.45) is 5.41 Å². The summed E-state index contributed by atoms with van der Waals surface area (Å²) in [6.45, 7) is 13.9. The summed E-state index contributed by atoms with van der Waals surface area (Å²) in [6.07, 6.45) is 6.01. The van der Waals surface area contributed by atoms with Gasteiger partial charge in [0.05, 0.1) is 11.0 Å². The van der Waals surface area contributed by atoms with Crippen LogP contribution >= 0.6 is 11.3 Å². The van der Waals surface area contributed by atoms with E-state index in [0.717, 1.165) is 94.2 Å². The molecule has 4 aliphatic rings. The second kappa shape index (κ2) is 11.1. The van der Waals surface area contributed by atoms with Crippen LogP contribution in [0.3, 0.4) is 0 Å². The minimum atomic E-state index is -0.609. The van der Waals surface area contributed by atoms with Crippen molar-refractivity contribution < 1.29 is 9.32 Å². The molecule has 3 fully saturated rings. The van der Waals surface area contributed by atoms with Gasteiger partial charge in [-0.1, -0.05) is 11.7 Å². The lowest BCUT2D eigenvalue weighted by molar-refractivity contribution is -0.125. The third-order valence-electron chi connectivity index (χ3n) is 10.2. The van der Waals surface area contributed by atoms with Crippen LogP contribution in [0.1, 0.15) is 61.4 Å². The molecule has 2 N–H and O–H groups in total. The van der Waals surface area contributed by atoms with Gasteiger partial charge in [0.15, 0.2) is 0 Å². The summed E-state index contributed by atoms with van der Waals surface area (Å²) in [4.78, 5) is 37.3. The summed E-state index contributed by atoms with van der Waals surface area (Å²) in [5.41, 5.74) is 7.77. The molecule has 3 aromatic heterocycles. The van der Waals surface area contributed by atoms with Crippen LogP contribution in [0.15, 0.2) is 23.2 Å². The molecule has 0 saturated carbocycles. The van der Waals surface area contributed by atoms with Gasteiger partial charge in [0.2, 0.25) is 23.6 Å². The molecule has 6 heterocycles. The molecular weight excluding hydrogens is 588 g/mol. The Morgan fingerprint density at radius 3 is 2.80 bits per heavy atom. The van der Waals surface area contributed by atoms with Gasteiger partial charge in [-0.15, -0.1) is 11.3 Å². The number of nitriles is 1. The predicted octanol–water partition coefficient (Wildman–Crippen LogP) is 3.44. The molecule has 0 radical (unpaired) electrons. The molecule has 3 saturated heterocycles. The number of hydrogen-bond donors (Lipinski definition) is 1. The molecule has 3 aliphatic heterocycles. The maximum atomic E-state index is 12.3. The van der Waals surface area contributed by atoms with Gasteiger partial charge in [-0.05, 0) is 65.6 Å². The van der Waals surface area contributed by atoms with Crippen LogP contribution in [0.4, 0.5) is 16.8 Å². The monoisotopic (exact) mass is 628 g/mol. The van der Waals surface area contributed by atoms with Crippen molar-refractivity contribution in [2.75, 3.05) is 68.4 Å². The maximum Gasteiger partial charge on any atom is 0.245 e. The number of fused-ring (bicyclic) bond motifs is 1. The number of nitrogens with two attached hydrogens (primary N) is 1. The summed E-state index contributed by atoms with van der Waals surface area (Å²) >= 11 is 1.49. The molecule has 0 unspecified atom stereocenters. The van der Waals surface area contributed by atoms with Crippen LogP contribution < -0.4 is 15.5 Å². The molecule has 7 rings (SSSR count). The van der Waals surface area contributed by atoms with E-state index in [1.165, 1.54) is 17.4 Å². The van der Waals surface area contributed by atoms with Gasteiger partial charge in [0.25, 0.3) is 0 Å². The second-order valence-corrected chi connectivity index (χ2v) is 14.6. The normalized spacial score (nSPS) is 24.7. The van der Waals surface area contributed by atoms with Crippen LogP contribution in [0, 0.1) is 16.7 Å². The summed E-state index contributed by atoms with van der Waals surface area (Å²) in [6, 6.07) is 4.51. The second-order valence-electron chi connectivity index (χ2n) is 13.5. The Labute approximate surface area is 267 Å². The highest BCUT2D eigenvalue weighted by molar-refractivity contribution is 7.16. The average molecular weight is 629 g/mol. The number of carbonyl (C=O) groups excluding carboxylic acids is 1. The van der Waals surface area contributed by atoms with Crippen molar-refractivity contribution in [3.05, 3.63) is 40.6 Å². The van der Waals surface area contributed by atoms with Crippen molar-refractivity contribution in [3.8, 4) is 17.6 Å². The quantitative estimate of drug-likeness (QED) is 0.415. The van der Waals surface area contributed by atoms with Crippen molar-refractivity contribution in [1.82, 2.24) is 29.9 Å². The van der Waals surface area contributed by atoms with Crippen LogP contribution in [-0.2, 0) is 16.6 Å². The summed E-state index contributed by atoms with van der Waals surface area (Å²) in [5.74, 6) is 2.36. The van der Waals surface area contributed by atoms with Crippen LogP contribution in [0.25, 0.3) is 11.5 Å². The number of aryl methyl sites for hydroxylation is 1. The van der Waals surface area contributed by atoms with Gasteiger partial charge in [-0.2, -0.15) is 15.2 Å². The molecule has 236 valence electrons. The third kappa shape index (κ3) is 5.04. The Balaban J connectivity index is 1.23. The van der Waals surface area contributed by atoms with Crippen molar-refractivity contribution >= 4 is 34.0 Å². The van der Waals surface area contributed by atoms with Crippen molar-refractivity contribution in [1.29, 1.82) is 5.26 Å². The van der Waals surface area contributed by atoms with E-state index in [-0.39, 0.29) is 17.4 Å². The van der Waals surface area contributed by atoms with Crippen molar-refractivity contribution in [2.45, 2.75) is 57.4 Å². The first-order valence-corrected chi connectivity index (χ1v) is 16.6. The minimum absolute atomic E-state index is 0.00391. The summed E-state index contributed by atoms with van der Waals surface area (Å²) in [5, 5.41) is 14.9. The highest BCUT2D eigenvalue weighted by Crippen LogP contribution is 2.49. The number of aromatic nitrogens is 4. The van der Waals surface area contributed by atoms with E-state index < -0.39 is 5.41 Å². The number of carbonyl (C=O) groups is 1. The zero-order valence-corrected chi connectivity index (χ0v) is 27.1. The molecule has 1 aliphatic carbocycles. The van der Waals surface area contributed by atoms with Gasteiger partial charge in [-0.3, -0.25) is 4.79 Å². The molecular formula is C32H40N10O2S. The van der Waals surface area contributed by atoms with E-state index >= 15 is 0 Å². The highest BCUT2D eigenvalue weighted by Gasteiger charge is 2.49. The van der Waals surface area contributed by atoms with E-state index in [4.69, 9.17) is 25.2 Å². The van der Waals surface area contributed by atoms with Gasteiger partial charge < -0.3 is 29.9 Å². The first-order valence-electron chi connectivity index (χ1n) is 15.8. The Hall–Kier alpha value is -4.02. The van der Waals surface area contributed by atoms with E-state index in [0.29, 0.717) is 33.9 Å². The Morgan fingerprint density at radius 1 is 1.20 bits per heavy atom. The number of nitrogen functional groups attached to an aromatic ring is 1. The third-order valence-corrected chi connectivity index (χ3v) is 11.3. The van der Waals surface area contributed by atoms with Crippen LogP contribution in [0.5, 0.6) is 0 Å². The first kappa shape index (κ1) is 29.7. The predicted molar refractivity (Wildman–Crippen MR) is 173 cm³/mol. The molecule has 2 atom stereocenters. The maximum absolute atomic E-state index is 12.3. The van der Waals surface area contributed by atoms with Crippen LogP contribution in [-0.4, -0.2) is 94.7 Å². The number of anilines is 3. The smallest absolute Gasteiger partial charge is 0.245 e. The van der Waals surface area contributed by atoms with E-state index in [1.54, 1.807) is 0 Å². The van der Waals surface area contributed by atoms with Gasteiger partial charge in [0.1, 0.15) is 22.6 Å². The largest absolute Gasteiger partial charge is 0.389 e. The molecule has 13 heteroatoms. The first-order chi connectivity index (χ1) is 21.6. The van der Waals surface area contributed by atoms with Gasteiger partial charge in [0, 0.05) is 67.2 Å². The molecule has 1 spiro atoms. The Bertz CT molecular complexity index is 1690. The molecule has 45 heavy (non-hydrogen) atoms. The lowest BCUT2D eigenvalue weighted by Gasteiger charge is -2.48. The molecule has 12 nitrogen and oxygen atoms in total. The number of likely N-dealkylation sites (N-methyl/N-ethyl adjacent to an activating group) is 1. The van der Waals surface area contributed by atoms with E-state index in [9.17, 15) is 10.1 Å². The topological polar surface area (TPSA) is 145 Å². The summed E-state index contributed by atoms with van der Waals surface area (Å²) in [7, 11) is 2.15. The van der Waals surface area contributed by atoms with Gasteiger partial charge >= 0.3 is 0 Å². The minimum Gasteiger partial charge on any atom is -0.389 e. The number of likely N-dealkylation sites (tertiary alicyclic amines) is 1. The Kier molecular flexibility index (Phi) is 7.32. The van der Waals surface area contributed by atoms with Gasteiger partial charge in [-0.25, -0.2) is 4.98 Å².